The first kappa shape index (κ1) is 11.3. The van der Waals surface area contributed by atoms with Gasteiger partial charge in [-0.05, 0) is 12.5 Å². The largest absolute Gasteiger partial charge is 0.481 e. The molecule has 0 amide bonds. The Morgan fingerprint density at radius 2 is 1.94 bits per heavy atom. The van der Waals surface area contributed by atoms with Crippen LogP contribution in [0.4, 0.5) is 0 Å². The standard InChI is InChI=1S/C14H13N2O/c1-3-4-11-5-7-12(8-6-11)14-15-10-9-13(16-14)17-2/h3-10H,1H2,2H3/b4-3+. The van der Waals surface area contributed by atoms with Crippen LogP contribution in [0.1, 0.15) is 5.56 Å². The first-order valence-corrected chi connectivity index (χ1v) is 5.27. The van der Waals surface area contributed by atoms with Gasteiger partial charge < -0.3 is 4.74 Å². The highest BCUT2D eigenvalue weighted by molar-refractivity contribution is 5.60. The van der Waals surface area contributed by atoms with Crippen LogP contribution in [0.2, 0.25) is 0 Å². The van der Waals surface area contributed by atoms with Gasteiger partial charge in [0, 0.05) is 17.8 Å². The topological polar surface area (TPSA) is 35.0 Å². The fourth-order valence-electron chi connectivity index (χ4n) is 1.47. The van der Waals surface area contributed by atoms with Crippen molar-refractivity contribution in [1.82, 2.24) is 9.97 Å². The van der Waals surface area contributed by atoms with Crippen LogP contribution in [0, 0.1) is 6.92 Å². The average molecular weight is 225 g/mol. The second kappa shape index (κ2) is 5.25. The maximum Gasteiger partial charge on any atom is 0.216 e. The third-order valence-electron chi connectivity index (χ3n) is 2.32. The van der Waals surface area contributed by atoms with E-state index >= 15 is 0 Å². The minimum Gasteiger partial charge on any atom is -0.481 e. The second-order valence-electron chi connectivity index (χ2n) is 3.45. The summed E-state index contributed by atoms with van der Waals surface area (Å²) in [6.07, 6.45) is 5.39. The molecule has 3 heteroatoms. The molecule has 0 spiro atoms. The van der Waals surface area contributed by atoms with Crippen molar-refractivity contribution in [3.63, 3.8) is 0 Å². The Morgan fingerprint density at radius 3 is 2.59 bits per heavy atom. The van der Waals surface area contributed by atoms with E-state index < -0.39 is 0 Å². The number of rotatable bonds is 3. The Balaban J connectivity index is 2.32. The van der Waals surface area contributed by atoms with Crippen LogP contribution in [-0.4, -0.2) is 17.1 Å². The molecule has 0 fully saturated rings. The predicted octanol–water partition coefficient (Wildman–Crippen LogP) is 3.00. The lowest BCUT2D eigenvalue weighted by molar-refractivity contribution is 0.397. The molecule has 17 heavy (non-hydrogen) atoms. The Kier molecular flexibility index (Phi) is 3.50. The fraction of sp³-hybridized carbons (Fsp3) is 0.0714. The Hall–Kier alpha value is -2.16. The van der Waals surface area contributed by atoms with Crippen LogP contribution in [0.3, 0.4) is 0 Å². The molecule has 1 aromatic heterocycles. The highest BCUT2D eigenvalue weighted by Gasteiger charge is 2.02. The molecule has 0 bridgehead atoms. The average Bonchev–Trinajstić information content (AvgIpc) is 2.40. The molecular weight excluding hydrogens is 212 g/mol. The summed E-state index contributed by atoms with van der Waals surface area (Å²) in [5, 5.41) is 0. The number of allylic oxidation sites excluding steroid dienone is 1. The van der Waals surface area contributed by atoms with E-state index in [2.05, 4.69) is 16.9 Å². The Morgan fingerprint density at radius 1 is 1.18 bits per heavy atom. The van der Waals surface area contributed by atoms with Crippen LogP contribution in [-0.2, 0) is 0 Å². The van der Waals surface area contributed by atoms with E-state index in [1.165, 1.54) is 0 Å². The molecule has 0 aliphatic carbocycles. The van der Waals surface area contributed by atoms with Crippen molar-refractivity contribution in [2.24, 2.45) is 0 Å². The molecule has 0 aliphatic heterocycles. The predicted molar refractivity (Wildman–Crippen MR) is 68.4 cm³/mol. The van der Waals surface area contributed by atoms with Gasteiger partial charge in [-0.15, -0.1) is 0 Å². The lowest BCUT2D eigenvalue weighted by Gasteiger charge is -2.02. The monoisotopic (exact) mass is 225 g/mol. The normalized spacial score (nSPS) is 10.7. The van der Waals surface area contributed by atoms with Gasteiger partial charge in [0.1, 0.15) is 0 Å². The second-order valence-corrected chi connectivity index (χ2v) is 3.45. The zero-order valence-electron chi connectivity index (χ0n) is 9.63. The van der Waals surface area contributed by atoms with Crippen molar-refractivity contribution in [2.45, 2.75) is 0 Å². The highest BCUT2D eigenvalue weighted by atomic mass is 16.5. The molecule has 3 nitrogen and oxygen atoms in total. The molecule has 85 valence electrons. The minimum atomic E-state index is 0.566. The summed E-state index contributed by atoms with van der Waals surface area (Å²) in [7, 11) is 1.59. The molecule has 0 unspecified atom stereocenters. The van der Waals surface area contributed by atoms with Crippen LogP contribution in [0.15, 0.2) is 42.6 Å². The summed E-state index contributed by atoms with van der Waals surface area (Å²) in [5.74, 6) is 1.23. The number of hydrogen-bond donors (Lipinski definition) is 0. The molecule has 1 aromatic carbocycles. The van der Waals surface area contributed by atoms with Gasteiger partial charge in [-0.25, -0.2) is 4.98 Å². The first-order chi connectivity index (χ1) is 8.33. The maximum atomic E-state index is 5.07. The molecule has 1 radical (unpaired) electrons. The summed E-state index contributed by atoms with van der Waals surface area (Å²) in [5.41, 5.74) is 2.07. The Bertz CT molecular complexity index is 518. The van der Waals surface area contributed by atoms with Crippen LogP contribution < -0.4 is 4.74 Å². The van der Waals surface area contributed by atoms with Gasteiger partial charge in [-0.2, -0.15) is 4.98 Å². The number of aromatic nitrogens is 2. The van der Waals surface area contributed by atoms with Crippen LogP contribution in [0.25, 0.3) is 17.5 Å². The lowest BCUT2D eigenvalue weighted by Crippen LogP contribution is -1.92. The molecule has 0 saturated carbocycles. The molecule has 0 N–H and O–H groups in total. The highest BCUT2D eigenvalue weighted by Crippen LogP contribution is 2.18. The van der Waals surface area contributed by atoms with E-state index in [1.54, 1.807) is 25.4 Å². The van der Waals surface area contributed by atoms with E-state index in [0.717, 1.165) is 11.1 Å². The van der Waals surface area contributed by atoms with E-state index in [4.69, 9.17) is 4.74 Å². The third kappa shape index (κ3) is 2.69. The number of ether oxygens (including phenoxy) is 1. The summed E-state index contributed by atoms with van der Waals surface area (Å²) in [6.45, 7) is 3.66. The quantitative estimate of drug-likeness (QED) is 0.805. The summed E-state index contributed by atoms with van der Waals surface area (Å²) >= 11 is 0. The van der Waals surface area contributed by atoms with Gasteiger partial charge >= 0.3 is 0 Å². The minimum absolute atomic E-state index is 0.566. The lowest BCUT2D eigenvalue weighted by atomic mass is 10.1. The third-order valence-corrected chi connectivity index (χ3v) is 2.32. The number of hydrogen-bond acceptors (Lipinski definition) is 3. The van der Waals surface area contributed by atoms with Crippen molar-refractivity contribution >= 4 is 6.08 Å². The van der Waals surface area contributed by atoms with Gasteiger partial charge in [0.2, 0.25) is 5.88 Å². The zero-order valence-corrected chi connectivity index (χ0v) is 9.63. The molecule has 1 heterocycles. The molecular formula is C14H13N2O. The zero-order chi connectivity index (χ0) is 12.1. The number of benzene rings is 1. The van der Waals surface area contributed by atoms with Crippen molar-refractivity contribution in [1.29, 1.82) is 0 Å². The molecule has 0 aliphatic rings. The fourth-order valence-corrected chi connectivity index (χ4v) is 1.47. The summed E-state index contributed by atoms with van der Waals surface area (Å²) < 4.78 is 5.07. The number of methoxy groups -OCH3 is 1. The van der Waals surface area contributed by atoms with Crippen LogP contribution >= 0.6 is 0 Å². The van der Waals surface area contributed by atoms with Gasteiger partial charge in [0.05, 0.1) is 7.11 Å². The molecule has 0 atom stereocenters. The molecule has 2 rings (SSSR count). The van der Waals surface area contributed by atoms with Crippen molar-refractivity contribution in [2.75, 3.05) is 7.11 Å². The van der Waals surface area contributed by atoms with Gasteiger partial charge in [-0.3, -0.25) is 0 Å². The van der Waals surface area contributed by atoms with Crippen molar-refractivity contribution in [3.8, 4) is 17.3 Å². The molecule has 2 aromatic rings. The number of nitrogens with zero attached hydrogens (tertiary/aromatic N) is 2. The van der Waals surface area contributed by atoms with Gasteiger partial charge in [0.15, 0.2) is 5.82 Å². The SMILES string of the molecule is [CH2]/C=C/c1ccc(-c2nccc(OC)n2)cc1. The van der Waals surface area contributed by atoms with E-state index in [1.807, 2.05) is 30.3 Å². The van der Waals surface area contributed by atoms with E-state index in [-0.39, 0.29) is 0 Å². The van der Waals surface area contributed by atoms with E-state index in [9.17, 15) is 0 Å². The first-order valence-electron chi connectivity index (χ1n) is 5.27. The van der Waals surface area contributed by atoms with Gasteiger partial charge in [0.25, 0.3) is 0 Å². The van der Waals surface area contributed by atoms with Crippen molar-refractivity contribution < 1.29 is 4.74 Å². The smallest absolute Gasteiger partial charge is 0.216 e. The molecule has 0 saturated heterocycles. The maximum absolute atomic E-state index is 5.07. The van der Waals surface area contributed by atoms with Crippen molar-refractivity contribution in [3.05, 3.63) is 55.1 Å². The summed E-state index contributed by atoms with van der Waals surface area (Å²) in [4.78, 5) is 8.49. The summed E-state index contributed by atoms with van der Waals surface area (Å²) in [6, 6.07) is 9.68. The van der Waals surface area contributed by atoms with E-state index in [0.29, 0.717) is 11.7 Å². The van der Waals surface area contributed by atoms with Crippen LogP contribution in [0.5, 0.6) is 5.88 Å². The Labute approximate surface area is 101 Å². The van der Waals surface area contributed by atoms with Gasteiger partial charge in [-0.1, -0.05) is 36.4 Å².